The number of ketones is 1. The standard InChI is InChI=1S/C37H52O3S/c1-23-9-11-24(12-10-23)41-31(40)34(5)18-17-33(4)19-20-36(7)25(26(33)22-34)21-27(38)30-35(6)15-14-29(39)32(2,3)28(35)13-16-37(30,36)8/h9-12,21,26,28-30,39H,13-20,22H2,1-8H3/t26-,28-,29-,30+,33+,34-,35-,36+,37+/m0/s1. The monoisotopic (exact) mass is 576 g/mol. The molecular formula is C37H52O3S. The van der Waals surface area contributed by atoms with Crippen LogP contribution in [0.1, 0.15) is 112 Å². The maximum absolute atomic E-state index is 14.5. The predicted octanol–water partition coefficient (Wildman–Crippen LogP) is 8.96. The molecule has 4 fully saturated rings. The number of hydrogen-bond donors (Lipinski definition) is 1. The zero-order chi connectivity index (χ0) is 29.8. The summed E-state index contributed by atoms with van der Waals surface area (Å²) in [5.41, 5.74) is 1.90. The first-order valence-corrected chi connectivity index (χ1v) is 17.0. The third kappa shape index (κ3) is 4.08. The summed E-state index contributed by atoms with van der Waals surface area (Å²) in [5.74, 6) is 0.936. The highest BCUT2D eigenvalue weighted by Gasteiger charge is 2.70. The van der Waals surface area contributed by atoms with Gasteiger partial charge in [-0.25, -0.2) is 0 Å². The molecule has 6 rings (SSSR count). The van der Waals surface area contributed by atoms with Crippen LogP contribution in [0.5, 0.6) is 0 Å². The van der Waals surface area contributed by atoms with Crippen molar-refractivity contribution in [2.45, 2.75) is 124 Å². The van der Waals surface area contributed by atoms with Gasteiger partial charge in [0, 0.05) is 16.2 Å². The minimum atomic E-state index is -0.396. The zero-order valence-electron chi connectivity index (χ0n) is 26.7. The Labute approximate surface area is 252 Å². The third-order valence-electron chi connectivity index (χ3n) is 14.3. The third-order valence-corrected chi connectivity index (χ3v) is 15.5. The number of hydrogen-bond acceptors (Lipinski definition) is 4. The lowest BCUT2D eigenvalue weighted by Gasteiger charge is -2.70. The Morgan fingerprint density at radius 2 is 1.54 bits per heavy atom. The number of aliphatic hydroxyl groups excluding tert-OH is 1. The molecule has 224 valence electrons. The normalized spacial score (nSPS) is 46.9. The second-order valence-corrected chi connectivity index (χ2v) is 17.9. The van der Waals surface area contributed by atoms with Crippen LogP contribution >= 0.6 is 11.8 Å². The molecule has 4 saturated carbocycles. The number of carbonyl (C=O) groups is 2. The Bertz CT molecular complexity index is 1300. The Kier molecular flexibility index (Phi) is 6.73. The Morgan fingerprint density at radius 1 is 0.878 bits per heavy atom. The van der Waals surface area contributed by atoms with Crippen molar-refractivity contribution in [1.29, 1.82) is 0 Å². The summed E-state index contributed by atoms with van der Waals surface area (Å²) < 4.78 is 0. The highest BCUT2D eigenvalue weighted by molar-refractivity contribution is 8.13. The van der Waals surface area contributed by atoms with Gasteiger partial charge in [0.05, 0.1) is 6.10 Å². The molecule has 0 unspecified atom stereocenters. The van der Waals surface area contributed by atoms with Gasteiger partial charge in [-0.15, -0.1) is 0 Å². The highest BCUT2D eigenvalue weighted by atomic mass is 32.2. The quantitative estimate of drug-likeness (QED) is 0.357. The molecule has 1 aromatic carbocycles. The van der Waals surface area contributed by atoms with E-state index in [-0.39, 0.29) is 50.1 Å². The molecule has 0 spiro atoms. The van der Waals surface area contributed by atoms with Crippen molar-refractivity contribution < 1.29 is 14.7 Å². The Hall–Kier alpha value is -1.39. The first-order valence-electron chi connectivity index (χ1n) is 16.2. The largest absolute Gasteiger partial charge is 0.393 e. The molecule has 9 atom stereocenters. The fourth-order valence-corrected chi connectivity index (χ4v) is 12.1. The number of benzene rings is 1. The van der Waals surface area contributed by atoms with Gasteiger partial charge in [0.25, 0.3) is 0 Å². The van der Waals surface area contributed by atoms with E-state index < -0.39 is 5.41 Å². The van der Waals surface area contributed by atoms with E-state index in [4.69, 9.17) is 0 Å². The average Bonchev–Trinajstić information content (AvgIpc) is 2.90. The first kappa shape index (κ1) is 29.7. The van der Waals surface area contributed by atoms with Crippen molar-refractivity contribution in [3.05, 3.63) is 41.5 Å². The van der Waals surface area contributed by atoms with Gasteiger partial charge in [-0.3, -0.25) is 9.59 Å². The van der Waals surface area contributed by atoms with E-state index in [1.807, 2.05) is 0 Å². The van der Waals surface area contributed by atoms with E-state index in [1.165, 1.54) is 29.3 Å². The molecule has 5 aliphatic carbocycles. The van der Waals surface area contributed by atoms with E-state index in [2.05, 4.69) is 85.7 Å². The van der Waals surface area contributed by atoms with Crippen LogP contribution in [0, 0.1) is 57.2 Å². The summed E-state index contributed by atoms with van der Waals surface area (Å²) in [5, 5.41) is 11.3. The summed E-state index contributed by atoms with van der Waals surface area (Å²) in [6.45, 7) is 18.5. The summed E-state index contributed by atoms with van der Waals surface area (Å²) in [6, 6.07) is 8.30. The van der Waals surface area contributed by atoms with Crippen LogP contribution in [0.2, 0.25) is 0 Å². The molecule has 0 bridgehead atoms. The Balaban J connectivity index is 1.36. The van der Waals surface area contributed by atoms with Gasteiger partial charge < -0.3 is 5.11 Å². The van der Waals surface area contributed by atoms with Crippen LogP contribution in [-0.2, 0) is 9.59 Å². The minimum Gasteiger partial charge on any atom is -0.393 e. The van der Waals surface area contributed by atoms with E-state index in [0.29, 0.717) is 11.7 Å². The SMILES string of the molecule is Cc1ccc(SC(=O)[C@@]2(C)CC[C@]3(C)CC[C@]4(C)C(=CC(=O)[C@@H]5[C@@]6(C)CC[C@H](O)C(C)(C)[C@@H]6CC[C@]54C)[C@@H]3C2)cc1. The van der Waals surface area contributed by atoms with Crippen LogP contribution in [-0.4, -0.2) is 22.1 Å². The number of allylic oxidation sites excluding steroid dienone is 2. The van der Waals surface area contributed by atoms with Crippen LogP contribution in [0.4, 0.5) is 0 Å². The van der Waals surface area contributed by atoms with Crippen molar-refractivity contribution in [3.8, 4) is 0 Å². The van der Waals surface area contributed by atoms with Gasteiger partial charge in [-0.1, -0.05) is 83.5 Å². The zero-order valence-corrected chi connectivity index (χ0v) is 27.5. The Morgan fingerprint density at radius 3 is 2.22 bits per heavy atom. The topological polar surface area (TPSA) is 54.4 Å². The first-order chi connectivity index (χ1) is 19.0. The van der Waals surface area contributed by atoms with Gasteiger partial charge in [0.2, 0.25) is 0 Å². The maximum atomic E-state index is 14.5. The van der Waals surface area contributed by atoms with Crippen LogP contribution < -0.4 is 0 Å². The number of carbonyl (C=O) groups excluding carboxylic acids is 2. The fraction of sp³-hybridized carbons (Fsp3) is 0.730. The van der Waals surface area contributed by atoms with Crippen LogP contribution in [0.15, 0.2) is 40.8 Å². The van der Waals surface area contributed by atoms with E-state index >= 15 is 0 Å². The molecule has 4 heteroatoms. The van der Waals surface area contributed by atoms with Crippen molar-refractivity contribution in [2.75, 3.05) is 0 Å². The van der Waals surface area contributed by atoms with Gasteiger partial charge in [-0.2, -0.15) is 0 Å². The molecule has 3 nitrogen and oxygen atoms in total. The molecule has 0 aliphatic heterocycles. The smallest absolute Gasteiger partial charge is 0.199 e. The second-order valence-electron chi connectivity index (χ2n) is 16.8. The summed E-state index contributed by atoms with van der Waals surface area (Å²) in [7, 11) is 0. The lowest BCUT2D eigenvalue weighted by Crippen LogP contribution is -2.66. The fourth-order valence-electron chi connectivity index (χ4n) is 11.2. The highest BCUT2D eigenvalue weighted by Crippen LogP contribution is 2.75. The number of rotatable bonds is 2. The maximum Gasteiger partial charge on any atom is 0.199 e. The van der Waals surface area contributed by atoms with Gasteiger partial charge >= 0.3 is 0 Å². The second kappa shape index (κ2) is 9.31. The van der Waals surface area contributed by atoms with E-state index in [1.54, 1.807) is 0 Å². The van der Waals surface area contributed by atoms with Crippen molar-refractivity contribution in [1.82, 2.24) is 0 Å². The molecular weight excluding hydrogens is 524 g/mol. The average molecular weight is 577 g/mol. The van der Waals surface area contributed by atoms with Gasteiger partial charge in [0.1, 0.15) is 0 Å². The molecule has 1 N–H and O–H groups in total. The molecule has 1 aromatic rings. The molecule has 0 amide bonds. The number of fused-ring (bicyclic) bond motifs is 7. The number of aliphatic hydroxyl groups is 1. The molecule has 5 aliphatic rings. The van der Waals surface area contributed by atoms with Crippen molar-refractivity contribution in [2.24, 2.45) is 50.2 Å². The number of aryl methyl sites for hydroxylation is 1. The predicted molar refractivity (Wildman–Crippen MR) is 167 cm³/mol. The lowest BCUT2D eigenvalue weighted by atomic mass is 9.33. The summed E-state index contributed by atoms with van der Waals surface area (Å²) in [4.78, 5) is 29.4. The van der Waals surface area contributed by atoms with Gasteiger partial charge in [0.15, 0.2) is 10.9 Å². The van der Waals surface area contributed by atoms with E-state index in [0.717, 1.165) is 56.3 Å². The molecule has 0 heterocycles. The van der Waals surface area contributed by atoms with Crippen LogP contribution in [0.25, 0.3) is 0 Å². The van der Waals surface area contributed by atoms with Crippen LogP contribution in [0.3, 0.4) is 0 Å². The lowest BCUT2D eigenvalue weighted by molar-refractivity contribution is -0.202. The molecule has 0 saturated heterocycles. The number of thioether (sulfide) groups is 1. The van der Waals surface area contributed by atoms with Crippen molar-refractivity contribution in [3.63, 3.8) is 0 Å². The summed E-state index contributed by atoms with van der Waals surface area (Å²) >= 11 is 1.41. The van der Waals surface area contributed by atoms with Gasteiger partial charge in [-0.05, 0) is 122 Å². The van der Waals surface area contributed by atoms with E-state index in [9.17, 15) is 14.7 Å². The molecule has 41 heavy (non-hydrogen) atoms. The minimum absolute atomic E-state index is 0.00710. The van der Waals surface area contributed by atoms with Crippen molar-refractivity contribution >= 4 is 22.7 Å². The molecule has 0 radical (unpaired) electrons. The molecule has 0 aromatic heterocycles. The summed E-state index contributed by atoms with van der Waals surface area (Å²) in [6.07, 6.45) is 10.8.